The molecular formula is C18H26IN3O. The number of nitrogens with one attached hydrogen (secondary N) is 1. The van der Waals surface area contributed by atoms with Crippen molar-refractivity contribution in [3.05, 3.63) is 29.8 Å². The number of fused-ring (bicyclic) bond motifs is 1. The van der Waals surface area contributed by atoms with Crippen molar-refractivity contribution in [3.63, 3.8) is 0 Å². The van der Waals surface area contributed by atoms with Crippen LogP contribution in [0.3, 0.4) is 0 Å². The van der Waals surface area contributed by atoms with Gasteiger partial charge in [-0.3, -0.25) is 4.99 Å². The minimum absolute atomic E-state index is 0. The van der Waals surface area contributed by atoms with E-state index in [2.05, 4.69) is 33.4 Å². The third-order valence-corrected chi connectivity index (χ3v) is 5.57. The van der Waals surface area contributed by atoms with E-state index in [1.165, 1.54) is 37.8 Å². The van der Waals surface area contributed by atoms with Crippen LogP contribution in [0.5, 0.6) is 5.75 Å². The van der Waals surface area contributed by atoms with Crippen LogP contribution in [0.1, 0.15) is 31.2 Å². The summed E-state index contributed by atoms with van der Waals surface area (Å²) in [6.07, 6.45) is 6.76. The Morgan fingerprint density at radius 2 is 2.17 bits per heavy atom. The quantitative estimate of drug-likeness (QED) is 0.448. The van der Waals surface area contributed by atoms with Gasteiger partial charge in [0.2, 0.25) is 0 Å². The van der Waals surface area contributed by atoms with Crippen molar-refractivity contribution in [1.82, 2.24) is 10.2 Å². The Morgan fingerprint density at radius 3 is 2.83 bits per heavy atom. The van der Waals surface area contributed by atoms with Crippen LogP contribution in [-0.4, -0.2) is 43.6 Å². The number of hydrogen-bond acceptors (Lipinski definition) is 2. The van der Waals surface area contributed by atoms with Crippen LogP contribution < -0.4 is 10.1 Å². The maximum absolute atomic E-state index is 6.00. The van der Waals surface area contributed by atoms with Crippen LogP contribution in [-0.2, 0) is 6.42 Å². The van der Waals surface area contributed by atoms with Crippen LogP contribution in [0, 0.1) is 5.41 Å². The summed E-state index contributed by atoms with van der Waals surface area (Å²) in [4.78, 5) is 6.91. The van der Waals surface area contributed by atoms with E-state index in [1.807, 2.05) is 13.1 Å². The van der Waals surface area contributed by atoms with Crippen LogP contribution in [0.15, 0.2) is 29.3 Å². The third-order valence-electron chi connectivity index (χ3n) is 5.57. The SMILES string of the molecule is CN=C(NCC1Cc2ccccc2O1)N1CCC2(CCC2)C1.I. The topological polar surface area (TPSA) is 36.9 Å². The zero-order chi connectivity index (χ0) is 15.0. The monoisotopic (exact) mass is 427 g/mol. The van der Waals surface area contributed by atoms with E-state index in [9.17, 15) is 0 Å². The van der Waals surface area contributed by atoms with Gasteiger partial charge < -0.3 is 15.0 Å². The number of guanidine groups is 1. The molecule has 5 heteroatoms. The van der Waals surface area contributed by atoms with Gasteiger partial charge in [0.15, 0.2) is 5.96 Å². The number of benzene rings is 1. The number of halogens is 1. The molecule has 0 bridgehead atoms. The molecule has 1 N–H and O–H groups in total. The zero-order valence-corrected chi connectivity index (χ0v) is 16.1. The van der Waals surface area contributed by atoms with Crippen LogP contribution in [0.25, 0.3) is 0 Å². The van der Waals surface area contributed by atoms with E-state index < -0.39 is 0 Å². The maximum atomic E-state index is 6.00. The summed E-state index contributed by atoms with van der Waals surface area (Å²) in [5, 5.41) is 3.53. The van der Waals surface area contributed by atoms with Crippen molar-refractivity contribution in [1.29, 1.82) is 0 Å². The van der Waals surface area contributed by atoms with E-state index in [0.717, 1.165) is 31.2 Å². The molecule has 1 aromatic rings. The minimum Gasteiger partial charge on any atom is -0.488 e. The van der Waals surface area contributed by atoms with Crippen LogP contribution in [0.2, 0.25) is 0 Å². The number of likely N-dealkylation sites (tertiary alicyclic amines) is 1. The number of para-hydroxylation sites is 1. The Labute approximate surface area is 155 Å². The molecule has 126 valence electrons. The summed E-state index contributed by atoms with van der Waals surface area (Å²) in [7, 11) is 1.89. The predicted octanol–water partition coefficient (Wildman–Crippen LogP) is 3.06. The lowest BCUT2D eigenvalue weighted by Gasteiger charge is -2.38. The maximum Gasteiger partial charge on any atom is 0.193 e. The first-order valence-electron chi connectivity index (χ1n) is 8.48. The van der Waals surface area contributed by atoms with Crippen LogP contribution in [0.4, 0.5) is 0 Å². The Bertz CT molecular complexity index is 560. The van der Waals surface area contributed by atoms with Gasteiger partial charge in [0.25, 0.3) is 0 Å². The minimum atomic E-state index is 0. The van der Waals surface area contributed by atoms with Crippen molar-refractivity contribution in [2.45, 2.75) is 38.2 Å². The summed E-state index contributed by atoms with van der Waals surface area (Å²) in [5.41, 5.74) is 1.93. The summed E-state index contributed by atoms with van der Waals surface area (Å²) >= 11 is 0. The highest BCUT2D eigenvalue weighted by Crippen LogP contribution is 2.47. The third kappa shape index (κ3) is 3.30. The smallest absolute Gasteiger partial charge is 0.193 e. The lowest BCUT2D eigenvalue weighted by molar-refractivity contribution is 0.151. The Kier molecular flexibility index (Phi) is 5.04. The fourth-order valence-electron chi connectivity index (χ4n) is 4.11. The Balaban J connectivity index is 0.00000156. The fourth-order valence-corrected chi connectivity index (χ4v) is 4.11. The van der Waals surface area contributed by atoms with E-state index >= 15 is 0 Å². The predicted molar refractivity (Wildman–Crippen MR) is 104 cm³/mol. The van der Waals surface area contributed by atoms with Gasteiger partial charge in [-0.25, -0.2) is 0 Å². The van der Waals surface area contributed by atoms with E-state index in [1.54, 1.807) is 0 Å². The second-order valence-corrected chi connectivity index (χ2v) is 7.00. The number of ether oxygens (including phenoxy) is 1. The highest BCUT2D eigenvalue weighted by Gasteiger charge is 2.43. The molecule has 4 rings (SSSR count). The molecule has 1 saturated carbocycles. The number of aliphatic imine (C=N–C) groups is 1. The highest BCUT2D eigenvalue weighted by molar-refractivity contribution is 14.0. The number of nitrogens with zero attached hydrogens (tertiary/aromatic N) is 2. The van der Waals surface area contributed by atoms with Crippen molar-refractivity contribution < 1.29 is 4.74 Å². The van der Waals surface area contributed by atoms with Crippen LogP contribution >= 0.6 is 24.0 Å². The van der Waals surface area contributed by atoms with Crippen molar-refractivity contribution in [2.24, 2.45) is 10.4 Å². The Morgan fingerprint density at radius 1 is 1.35 bits per heavy atom. The van der Waals surface area contributed by atoms with E-state index in [4.69, 9.17) is 4.74 Å². The van der Waals surface area contributed by atoms with Gasteiger partial charge in [-0.15, -0.1) is 24.0 Å². The van der Waals surface area contributed by atoms with Gasteiger partial charge in [-0.05, 0) is 36.3 Å². The van der Waals surface area contributed by atoms with Gasteiger partial charge in [0, 0.05) is 26.6 Å². The molecule has 1 unspecified atom stereocenters. The van der Waals surface area contributed by atoms with Crippen molar-refractivity contribution >= 4 is 29.9 Å². The average Bonchev–Trinajstić information content (AvgIpc) is 3.11. The molecule has 1 spiro atoms. The molecule has 3 aliphatic rings. The normalized spacial score (nSPS) is 24.7. The van der Waals surface area contributed by atoms with Crippen molar-refractivity contribution in [3.8, 4) is 5.75 Å². The average molecular weight is 427 g/mol. The molecule has 23 heavy (non-hydrogen) atoms. The summed E-state index contributed by atoms with van der Waals surface area (Å²) in [5.74, 6) is 2.09. The number of rotatable bonds is 2. The molecule has 2 heterocycles. The largest absolute Gasteiger partial charge is 0.488 e. The molecule has 2 aliphatic heterocycles. The standard InChI is InChI=1S/C18H25N3O.HI/c1-19-17(21-10-9-18(13-21)7-4-8-18)20-12-15-11-14-5-2-3-6-16(14)22-15;/h2-3,5-6,15H,4,7-13H2,1H3,(H,19,20);1H. The molecule has 0 aromatic heterocycles. The molecule has 1 atom stereocenters. The molecule has 1 saturated heterocycles. The molecule has 1 aromatic carbocycles. The fraction of sp³-hybridized carbons (Fsp3) is 0.611. The van der Waals surface area contributed by atoms with E-state index in [0.29, 0.717) is 5.41 Å². The first-order valence-corrected chi connectivity index (χ1v) is 8.48. The highest BCUT2D eigenvalue weighted by atomic mass is 127. The molecule has 0 radical (unpaired) electrons. The first kappa shape index (κ1) is 16.9. The van der Waals surface area contributed by atoms with Gasteiger partial charge in [-0.1, -0.05) is 24.6 Å². The molecule has 2 fully saturated rings. The Hall–Kier alpha value is -0.980. The molecule has 4 nitrogen and oxygen atoms in total. The second-order valence-electron chi connectivity index (χ2n) is 7.00. The van der Waals surface area contributed by atoms with Gasteiger partial charge >= 0.3 is 0 Å². The van der Waals surface area contributed by atoms with Gasteiger partial charge in [-0.2, -0.15) is 0 Å². The zero-order valence-electron chi connectivity index (χ0n) is 13.8. The summed E-state index contributed by atoms with van der Waals surface area (Å²) < 4.78 is 6.00. The second kappa shape index (κ2) is 6.87. The van der Waals surface area contributed by atoms with E-state index in [-0.39, 0.29) is 30.1 Å². The van der Waals surface area contributed by atoms with Crippen molar-refractivity contribution in [2.75, 3.05) is 26.7 Å². The lowest BCUT2D eigenvalue weighted by atomic mass is 9.68. The number of hydrogen-bond donors (Lipinski definition) is 1. The van der Waals surface area contributed by atoms with Gasteiger partial charge in [0.1, 0.15) is 11.9 Å². The van der Waals surface area contributed by atoms with Gasteiger partial charge in [0.05, 0.1) is 6.54 Å². The summed E-state index contributed by atoms with van der Waals surface area (Å²) in [6, 6.07) is 8.34. The molecule has 0 amide bonds. The lowest BCUT2D eigenvalue weighted by Crippen LogP contribution is -2.45. The first-order chi connectivity index (χ1) is 10.8. The summed E-state index contributed by atoms with van der Waals surface area (Å²) in [6.45, 7) is 3.15. The molecule has 1 aliphatic carbocycles. The molecular weight excluding hydrogens is 401 g/mol.